The zero-order chi connectivity index (χ0) is 19.4. The number of amides is 1. The van der Waals surface area contributed by atoms with Crippen molar-refractivity contribution in [1.29, 1.82) is 0 Å². The van der Waals surface area contributed by atoms with Crippen LogP contribution in [0.1, 0.15) is 42.3 Å². The van der Waals surface area contributed by atoms with E-state index in [2.05, 4.69) is 57.2 Å². The second kappa shape index (κ2) is 7.79. The molecule has 3 aromatic rings. The smallest absolute Gasteiger partial charge is 0.253 e. The Morgan fingerprint density at radius 3 is 2.04 bits per heavy atom. The van der Waals surface area contributed by atoms with Crippen molar-refractivity contribution >= 4 is 5.91 Å². The highest BCUT2D eigenvalue weighted by atomic mass is 16.2. The second-order valence-electron chi connectivity index (χ2n) is 8.01. The van der Waals surface area contributed by atoms with E-state index >= 15 is 0 Å². The first-order valence-electron chi connectivity index (χ1n) is 9.35. The molecule has 3 rings (SSSR count). The number of carbonyl (C=O) groups excluding carboxylic acids is 1. The Labute approximate surface area is 162 Å². The average Bonchev–Trinajstić information content (AvgIpc) is 2.68. The molecule has 0 radical (unpaired) electrons. The summed E-state index contributed by atoms with van der Waals surface area (Å²) in [6, 6.07) is 26.5. The number of benzene rings is 3. The van der Waals surface area contributed by atoms with E-state index in [1.54, 1.807) is 4.90 Å². The fourth-order valence-electron chi connectivity index (χ4n) is 3.22. The Hall–Kier alpha value is -2.87. The van der Waals surface area contributed by atoms with Crippen LogP contribution in [-0.2, 0) is 12.0 Å². The van der Waals surface area contributed by atoms with Crippen LogP contribution in [0, 0.1) is 0 Å². The Morgan fingerprint density at radius 2 is 1.41 bits per heavy atom. The summed E-state index contributed by atoms with van der Waals surface area (Å²) in [6.45, 7) is 7.11. The summed E-state index contributed by atoms with van der Waals surface area (Å²) in [5, 5.41) is 0. The molecule has 0 aromatic heterocycles. The van der Waals surface area contributed by atoms with Crippen molar-refractivity contribution in [2.75, 3.05) is 7.05 Å². The summed E-state index contributed by atoms with van der Waals surface area (Å²) in [4.78, 5) is 14.7. The Balaban J connectivity index is 1.80. The molecule has 0 saturated heterocycles. The zero-order valence-corrected chi connectivity index (χ0v) is 16.6. The Kier molecular flexibility index (Phi) is 5.46. The number of rotatable bonds is 4. The molecule has 0 heterocycles. The summed E-state index contributed by atoms with van der Waals surface area (Å²) < 4.78 is 0. The van der Waals surface area contributed by atoms with Crippen molar-refractivity contribution in [2.24, 2.45) is 0 Å². The highest BCUT2D eigenvalue weighted by Crippen LogP contribution is 2.25. The lowest BCUT2D eigenvalue weighted by Crippen LogP contribution is -2.26. The van der Waals surface area contributed by atoms with E-state index in [1.807, 2.05) is 49.5 Å². The topological polar surface area (TPSA) is 20.3 Å². The lowest BCUT2D eigenvalue weighted by Gasteiger charge is -2.21. The van der Waals surface area contributed by atoms with Crippen LogP contribution < -0.4 is 0 Å². The lowest BCUT2D eigenvalue weighted by atomic mass is 9.86. The van der Waals surface area contributed by atoms with Gasteiger partial charge in [0.05, 0.1) is 0 Å². The highest BCUT2D eigenvalue weighted by molar-refractivity contribution is 5.94. The Bertz CT molecular complexity index is 905. The second-order valence-corrected chi connectivity index (χ2v) is 8.01. The summed E-state index contributed by atoms with van der Waals surface area (Å²) >= 11 is 0. The third-order valence-electron chi connectivity index (χ3n) is 4.85. The standard InChI is InChI=1S/C25H27NO/c1-25(2,3)22-16-14-20(15-17-22)24(27)26(4)18-21-12-8-9-13-23(21)19-10-6-5-7-11-19/h5-17H,18H2,1-4H3. The molecule has 0 spiro atoms. The van der Waals surface area contributed by atoms with Crippen LogP contribution in [0.15, 0.2) is 78.9 Å². The summed E-state index contributed by atoms with van der Waals surface area (Å²) in [7, 11) is 1.86. The predicted octanol–water partition coefficient (Wildman–Crippen LogP) is 5.92. The van der Waals surface area contributed by atoms with Gasteiger partial charge in [0.15, 0.2) is 0 Å². The molecule has 1 amide bonds. The van der Waals surface area contributed by atoms with Gasteiger partial charge in [0.25, 0.3) is 5.91 Å². The highest BCUT2D eigenvalue weighted by Gasteiger charge is 2.17. The molecule has 3 aromatic carbocycles. The summed E-state index contributed by atoms with van der Waals surface area (Å²) in [5.41, 5.74) is 5.52. The van der Waals surface area contributed by atoms with E-state index in [1.165, 1.54) is 16.7 Å². The first-order valence-corrected chi connectivity index (χ1v) is 9.35. The minimum Gasteiger partial charge on any atom is -0.337 e. The molecule has 138 valence electrons. The van der Waals surface area contributed by atoms with Gasteiger partial charge in [0.1, 0.15) is 0 Å². The molecule has 0 aliphatic heterocycles. The van der Waals surface area contributed by atoms with Gasteiger partial charge in [0.2, 0.25) is 0 Å². The van der Waals surface area contributed by atoms with Crippen LogP contribution in [0.5, 0.6) is 0 Å². The van der Waals surface area contributed by atoms with Crippen LogP contribution in [0.25, 0.3) is 11.1 Å². The molecule has 0 saturated carbocycles. The van der Waals surface area contributed by atoms with Crippen molar-refractivity contribution < 1.29 is 4.79 Å². The SMILES string of the molecule is CN(Cc1ccccc1-c1ccccc1)C(=O)c1ccc(C(C)(C)C)cc1. The number of carbonyl (C=O) groups is 1. The van der Waals surface area contributed by atoms with Gasteiger partial charge in [-0.25, -0.2) is 0 Å². The van der Waals surface area contributed by atoms with E-state index in [-0.39, 0.29) is 11.3 Å². The van der Waals surface area contributed by atoms with E-state index in [0.717, 1.165) is 11.1 Å². The van der Waals surface area contributed by atoms with E-state index in [9.17, 15) is 4.79 Å². The van der Waals surface area contributed by atoms with Crippen molar-refractivity contribution in [3.8, 4) is 11.1 Å². The molecular weight excluding hydrogens is 330 g/mol. The molecule has 0 fully saturated rings. The minimum atomic E-state index is 0.0401. The fraction of sp³-hybridized carbons (Fsp3) is 0.240. The molecular formula is C25H27NO. The van der Waals surface area contributed by atoms with Crippen LogP contribution in [0.3, 0.4) is 0 Å². The minimum absolute atomic E-state index is 0.0401. The molecule has 27 heavy (non-hydrogen) atoms. The lowest BCUT2D eigenvalue weighted by molar-refractivity contribution is 0.0785. The van der Waals surface area contributed by atoms with Gasteiger partial charge in [-0.1, -0.05) is 87.5 Å². The van der Waals surface area contributed by atoms with Gasteiger partial charge in [-0.15, -0.1) is 0 Å². The van der Waals surface area contributed by atoms with Crippen LogP contribution >= 0.6 is 0 Å². The van der Waals surface area contributed by atoms with Crippen molar-refractivity contribution in [2.45, 2.75) is 32.7 Å². The molecule has 2 nitrogen and oxygen atoms in total. The molecule has 2 heteroatoms. The van der Waals surface area contributed by atoms with Crippen molar-refractivity contribution in [3.05, 3.63) is 95.6 Å². The molecule has 0 atom stereocenters. The fourth-order valence-corrected chi connectivity index (χ4v) is 3.22. The van der Waals surface area contributed by atoms with Crippen LogP contribution in [-0.4, -0.2) is 17.9 Å². The molecule has 0 unspecified atom stereocenters. The largest absolute Gasteiger partial charge is 0.337 e. The third-order valence-corrected chi connectivity index (χ3v) is 4.85. The van der Waals surface area contributed by atoms with Gasteiger partial charge in [0, 0.05) is 19.2 Å². The molecule has 0 N–H and O–H groups in total. The average molecular weight is 357 g/mol. The summed E-state index contributed by atoms with van der Waals surface area (Å²) in [5.74, 6) is 0.0401. The third kappa shape index (κ3) is 4.46. The van der Waals surface area contributed by atoms with Gasteiger partial charge >= 0.3 is 0 Å². The number of hydrogen-bond acceptors (Lipinski definition) is 1. The van der Waals surface area contributed by atoms with E-state index in [4.69, 9.17) is 0 Å². The first-order chi connectivity index (χ1) is 12.9. The maximum Gasteiger partial charge on any atom is 0.253 e. The van der Waals surface area contributed by atoms with Gasteiger partial charge < -0.3 is 4.90 Å². The number of nitrogens with zero attached hydrogens (tertiary/aromatic N) is 1. The normalized spacial score (nSPS) is 11.3. The first kappa shape index (κ1) is 18.9. The summed E-state index contributed by atoms with van der Waals surface area (Å²) in [6.07, 6.45) is 0. The van der Waals surface area contributed by atoms with Gasteiger partial charge in [-0.05, 0) is 39.8 Å². The molecule has 0 aliphatic carbocycles. The Morgan fingerprint density at radius 1 is 0.815 bits per heavy atom. The monoisotopic (exact) mass is 357 g/mol. The van der Waals surface area contributed by atoms with Crippen molar-refractivity contribution in [1.82, 2.24) is 4.90 Å². The molecule has 0 bridgehead atoms. The quantitative estimate of drug-likeness (QED) is 0.567. The van der Waals surface area contributed by atoms with Gasteiger partial charge in [-0.2, -0.15) is 0 Å². The maximum atomic E-state index is 12.9. The van der Waals surface area contributed by atoms with Crippen LogP contribution in [0.4, 0.5) is 0 Å². The maximum absolute atomic E-state index is 12.9. The van der Waals surface area contributed by atoms with E-state index in [0.29, 0.717) is 6.54 Å². The predicted molar refractivity (Wildman–Crippen MR) is 113 cm³/mol. The van der Waals surface area contributed by atoms with E-state index < -0.39 is 0 Å². The van der Waals surface area contributed by atoms with Crippen LogP contribution in [0.2, 0.25) is 0 Å². The zero-order valence-electron chi connectivity index (χ0n) is 16.6. The molecule has 0 aliphatic rings. The number of hydrogen-bond donors (Lipinski definition) is 0. The van der Waals surface area contributed by atoms with Gasteiger partial charge in [-0.3, -0.25) is 4.79 Å². The van der Waals surface area contributed by atoms with Crippen molar-refractivity contribution in [3.63, 3.8) is 0 Å².